The van der Waals surface area contributed by atoms with Crippen LogP contribution in [-0.4, -0.2) is 18.5 Å². The van der Waals surface area contributed by atoms with Crippen molar-refractivity contribution < 1.29 is 14.3 Å². The normalized spacial score (nSPS) is 14.0. The summed E-state index contributed by atoms with van der Waals surface area (Å²) in [6, 6.07) is 24.5. The van der Waals surface area contributed by atoms with E-state index in [0.717, 1.165) is 16.8 Å². The molecule has 0 saturated heterocycles. The molecule has 1 heterocycles. The Morgan fingerprint density at radius 3 is 2.31 bits per heavy atom. The number of carbonyl (C=O) groups is 2. The second-order valence-corrected chi connectivity index (χ2v) is 6.54. The van der Waals surface area contributed by atoms with Crippen LogP contribution in [0.1, 0.15) is 28.4 Å². The van der Waals surface area contributed by atoms with Crippen LogP contribution in [0.25, 0.3) is 11.3 Å². The van der Waals surface area contributed by atoms with Gasteiger partial charge in [-0.3, -0.25) is 4.79 Å². The lowest BCUT2D eigenvalue weighted by Gasteiger charge is -2.14. The van der Waals surface area contributed by atoms with Crippen LogP contribution in [0.4, 0.5) is 11.4 Å². The Morgan fingerprint density at radius 1 is 0.931 bits per heavy atom. The van der Waals surface area contributed by atoms with Gasteiger partial charge in [-0.1, -0.05) is 54.6 Å². The maximum Gasteiger partial charge on any atom is 0.338 e. The van der Waals surface area contributed by atoms with Crippen molar-refractivity contribution in [3.05, 3.63) is 95.6 Å². The van der Waals surface area contributed by atoms with Gasteiger partial charge in [0.05, 0.1) is 29.1 Å². The van der Waals surface area contributed by atoms with Crippen LogP contribution in [0.5, 0.6) is 0 Å². The Hall–Kier alpha value is -3.86. The number of hydrogen-bond donors (Lipinski definition) is 2. The molecule has 0 bridgehead atoms. The Morgan fingerprint density at radius 2 is 1.62 bits per heavy atom. The van der Waals surface area contributed by atoms with Crippen LogP contribution in [0.2, 0.25) is 0 Å². The maximum absolute atomic E-state index is 12.9. The molecule has 4 rings (SSSR count). The predicted octanol–water partition coefficient (Wildman–Crippen LogP) is 4.80. The zero-order valence-corrected chi connectivity index (χ0v) is 15.9. The molecule has 0 saturated carbocycles. The molecule has 1 aliphatic heterocycles. The van der Waals surface area contributed by atoms with Crippen LogP contribution in [0.15, 0.2) is 78.9 Å². The number of esters is 1. The lowest BCUT2D eigenvalue weighted by molar-refractivity contribution is -0.110. The first-order chi connectivity index (χ1) is 14.2. The Bertz CT molecular complexity index is 1090. The van der Waals surface area contributed by atoms with Crippen LogP contribution < -0.4 is 10.6 Å². The highest BCUT2D eigenvalue weighted by atomic mass is 16.5. The third-order valence-corrected chi connectivity index (χ3v) is 4.63. The number of benzene rings is 3. The summed E-state index contributed by atoms with van der Waals surface area (Å²) in [6.07, 6.45) is 0. The van der Waals surface area contributed by atoms with Crippen molar-refractivity contribution in [1.82, 2.24) is 0 Å². The van der Waals surface area contributed by atoms with Gasteiger partial charge in [0.1, 0.15) is 0 Å². The molecule has 5 nitrogen and oxygen atoms in total. The summed E-state index contributed by atoms with van der Waals surface area (Å²) < 4.78 is 5.06. The van der Waals surface area contributed by atoms with Crippen molar-refractivity contribution in [3.8, 4) is 0 Å². The van der Waals surface area contributed by atoms with E-state index in [0.29, 0.717) is 29.1 Å². The summed E-state index contributed by atoms with van der Waals surface area (Å²) in [6.45, 7) is 2.06. The van der Waals surface area contributed by atoms with Crippen LogP contribution >= 0.6 is 0 Å². The van der Waals surface area contributed by atoms with Gasteiger partial charge in [0.25, 0.3) is 5.91 Å². The molecule has 3 aromatic carbocycles. The highest BCUT2D eigenvalue weighted by Crippen LogP contribution is 2.38. The fourth-order valence-electron chi connectivity index (χ4n) is 3.31. The first-order valence-electron chi connectivity index (χ1n) is 9.42. The predicted molar refractivity (Wildman–Crippen MR) is 114 cm³/mol. The van der Waals surface area contributed by atoms with E-state index in [4.69, 9.17) is 4.74 Å². The third-order valence-electron chi connectivity index (χ3n) is 4.63. The molecule has 29 heavy (non-hydrogen) atoms. The first kappa shape index (κ1) is 18.5. The van der Waals surface area contributed by atoms with E-state index in [9.17, 15) is 9.59 Å². The summed E-state index contributed by atoms with van der Waals surface area (Å²) in [5, 5.41) is 6.27. The molecule has 1 aliphatic rings. The summed E-state index contributed by atoms with van der Waals surface area (Å²) >= 11 is 0. The largest absolute Gasteiger partial charge is 0.462 e. The number of nitrogens with one attached hydrogen (secondary N) is 2. The number of ether oxygens (including phenoxy) is 1. The van der Waals surface area contributed by atoms with Gasteiger partial charge in [-0.15, -0.1) is 0 Å². The maximum atomic E-state index is 12.9. The topological polar surface area (TPSA) is 67.4 Å². The second-order valence-electron chi connectivity index (χ2n) is 6.54. The van der Waals surface area contributed by atoms with Crippen molar-refractivity contribution in [2.45, 2.75) is 6.92 Å². The van der Waals surface area contributed by atoms with Gasteiger partial charge in [0, 0.05) is 11.3 Å². The monoisotopic (exact) mass is 384 g/mol. The van der Waals surface area contributed by atoms with Gasteiger partial charge >= 0.3 is 5.97 Å². The molecule has 1 amide bonds. The Balaban J connectivity index is 1.84. The fraction of sp³-hybridized carbons (Fsp3) is 0.0833. The fourth-order valence-corrected chi connectivity index (χ4v) is 3.31. The van der Waals surface area contributed by atoms with Gasteiger partial charge in [0.15, 0.2) is 0 Å². The number of fused-ring (bicyclic) bond motifs is 1. The van der Waals surface area contributed by atoms with Crippen molar-refractivity contribution in [1.29, 1.82) is 0 Å². The minimum Gasteiger partial charge on any atom is -0.462 e. The zero-order chi connectivity index (χ0) is 20.2. The number of hydrogen-bond acceptors (Lipinski definition) is 4. The molecule has 144 valence electrons. The van der Waals surface area contributed by atoms with Crippen molar-refractivity contribution >= 4 is 34.5 Å². The molecule has 3 aromatic rings. The van der Waals surface area contributed by atoms with E-state index in [-0.39, 0.29) is 5.91 Å². The summed E-state index contributed by atoms with van der Waals surface area (Å²) in [4.78, 5) is 25.0. The van der Waals surface area contributed by atoms with Gasteiger partial charge in [-0.05, 0) is 36.8 Å². The number of amides is 1. The summed E-state index contributed by atoms with van der Waals surface area (Å²) in [5.41, 5.74) is 4.75. The Kier molecular flexibility index (Phi) is 5.12. The number of anilines is 2. The summed E-state index contributed by atoms with van der Waals surface area (Å²) in [5.74, 6) is -0.629. The van der Waals surface area contributed by atoms with E-state index in [2.05, 4.69) is 10.6 Å². The highest BCUT2D eigenvalue weighted by molar-refractivity contribution is 6.37. The van der Waals surface area contributed by atoms with Crippen molar-refractivity contribution in [2.24, 2.45) is 0 Å². The van der Waals surface area contributed by atoms with Gasteiger partial charge < -0.3 is 15.4 Å². The highest BCUT2D eigenvalue weighted by Gasteiger charge is 2.29. The van der Waals surface area contributed by atoms with Gasteiger partial charge in [-0.2, -0.15) is 0 Å². The van der Waals surface area contributed by atoms with E-state index in [1.165, 1.54) is 0 Å². The van der Waals surface area contributed by atoms with Crippen LogP contribution in [0.3, 0.4) is 0 Å². The van der Waals surface area contributed by atoms with Crippen LogP contribution in [-0.2, 0) is 9.53 Å². The molecule has 0 radical (unpaired) electrons. The second kappa shape index (κ2) is 8.02. The number of rotatable bonds is 5. The lowest BCUT2D eigenvalue weighted by Crippen LogP contribution is -2.10. The quantitative estimate of drug-likeness (QED) is 0.490. The molecule has 5 heteroatoms. The minimum absolute atomic E-state index is 0.219. The first-order valence-corrected chi connectivity index (χ1v) is 9.42. The standard InChI is InChI=1S/C24H20N2O3/c1-2-29-24(28)17-13-14-19-20(15-17)26-23(27)21(19)22(16-9-5-3-6-10-16)25-18-11-7-4-8-12-18/h3-15,25H,2H2,1H3,(H,26,27). The smallest absolute Gasteiger partial charge is 0.338 e. The molecule has 2 N–H and O–H groups in total. The third kappa shape index (κ3) is 3.75. The van der Waals surface area contributed by atoms with Gasteiger partial charge in [-0.25, -0.2) is 4.79 Å². The molecule has 0 spiro atoms. The molecule has 0 fully saturated rings. The number of carbonyl (C=O) groups excluding carboxylic acids is 2. The zero-order valence-electron chi connectivity index (χ0n) is 15.9. The lowest BCUT2D eigenvalue weighted by atomic mass is 9.99. The molecular formula is C24H20N2O3. The van der Waals surface area contributed by atoms with E-state index in [1.807, 2.05) is 60.7 Å². The van der Waals surface area contributed by atoms with Crippen LogP contribution in [0, 0.1) is 0 Å². The average Bonchev–Trinajstić information content (AvgIpc) is 3.08. The van der Waals surface area contributed by atoms with E-state index in [1.54, 1.807) is 25.1 Å². The van der Waals surface area contributed by atoms with Gasteiger partial charge in [0.2, 0.25) is 0 Å². The number of para-hydroxylation sites is 1. The summed E-state index contributed by atoms with van der Waals surface area (Å²) in [7, 11) is 0. The van der Waals surface area contributed by atoms with Crippen molar-refractivity contribution in [2.75, 3.05) is 17.2 Å². The Labute approximate surface area is 169 Å². The average molecular weight is 384 g/mol. The van der Waals surface area contributed by atoms with Crippen molar-refractivity contribution in [3.63, 3.8) is 0 Å². The minimum atomic E-state index is -0.410. The molecule has 0 atom stereocenters. The molecule has 0 aromatic heterocycles. The van der Waals surface area contributed by atoms with E-state index >= 15 is 0 Å². The molecular weight excluding hydrogens is 364 g/mol. The molecule has 0 unspecified atom stereocenters. The SMILES string of the molecule is CCOC(=O)c1ccc2c(c1)NC(=O)C2=C(Nc1ccccc1)c1ccccc1. The molecule has 0 aliphatic carbocycles. The van der Waals surface area contributed by atoms with E-state index < -0.39 is 5.97 Å².